The zero-order valence-corrected chi connectivity index (χ0v) is 11.0. The maximum atomic E-state index is 11.4. The Balaban J connectivity index is 2.40. The summed E-state index contributed by atoms with van der Waals surface area (Å²) in [6.07, 6.45) is 3.12. The summed E-state index contributed by atoms with van der Waals surface area (Å²) in [5.74, 6) is -0.241. The maximum absolute atomic E-state index is 11.4. The number of aromatic nitrogens is 2. The minimum atomic E-state index is -0.241. The number of amides is 1. The van der Waals surface area contributed by atoms with Crippen molar-refractivity contribution in [3.63, 3.8) is 0 Å². The van der Waals surface area contributed by atoms with Crippen LogP contribution in [0.2, 0.25) is 0 Å². The Labute approximate surface area is 111 Å². The van der Waals surface area contributed by atoms with Gasteiger partial charge >= 0.3 is 0 Å². The van der Waals surface area contributed by atoms with Gasteiger partial charge in [-0.15, -0.1) is 0 Å². The number of anilines is 2. The molecule has 1 amide bonds. The van der Waals surface area contributed by atoms with Gasteiger partial charge < -0.3 is 10.6 Å². The largest absolute Gasteiger partial charge is 0.386 e. The summed E-state index contributed by atoms with van der Waals surface area (Å²) in [4.78, 5) is 11.4. The number of carbonyl (C=O) groups excluding carboxylic acids is 1. The molecule has 98 valence electrons. The second-order valence-electron chi connectivity index (χ2n) is 4.08. The Morgan fingerprint density at radius 1 is 1.37 bits per heavy atom. The van der Waals surface area contributed by atoms with Gasteiger partial charge in [0, 0.05) is 25.9 Å². The lowest BCUT2D eigenvalue weighted by Crippen LogP contribution is -2.09. The molecule has 5 nitrogen and oxygen atoms in total. The molecule has 0 saturated heterocycles. The van der Waals surface area contributed by atoms with Crippen LogP contribution >= 0.6 is 0 Å². The lowest BCUT2D eigenvalue weighted by atomic mass is 10.1. The highest BCUT2D eigenvalue weighted by molar-refractivity contribution is 6.01. The molecule has 19 heavy (non-hydrogen) atoms. The van der Waals surface area contributed by atoms with Gasteiger partial charge in [-0.2, -0.15) is 5.10 Å². The number of nitrogens with zero attached hydrogens (tertiary/aromatic N) is 2. The fourth-order valence-electron chi connectivity index (χ4n) is 1.78. The van der Waals surface area contributed by atoms with Gasteiger partial charge in [0.25, 0.3) is 0 Å². The third-order valence-electron chi connectivity index (χ3n) is 2.74. The van der Waals surface area contributed by atoms with Crippen molar-refractivity contribution in [3.05, 3.63) is 43.1 Å². The van der Waals surface area contributed by atoms with Gasteiger partial charge in [0.2, 0.25) is 5.91 Å². The predicted molar refractivity (Wildman–Crippen MR) is 77.0 cm³/mol. The first-order valence-corrected chi connectivity index (χ1v) is 5.89. The Morgan fingerprint density at radius 2 is 2.16 bits per heavy atom. The number of benzene rings is 1. The zero-order chi connectivity index (χ0) is 13.8. The first kappa shape index (κ1) is 12.9. The molecule has 0 saturated carbocycles. The van der Waals surface area contributed by atoms with E-state index in [-0.39, 0.29) is 5.91 Å². The highest BCUT2D eigenvalue weighted by Crippen LogP contribution is 2.28. The van der Waals surface area contributed by atoms with Crippen LogP contribution in [0.15, 0.2) is 43.1 Å². The van der Waals surface area contributed by atoms with E-state index in [1.54, 1.807) is 11.7 Å². The molecule has 2 aromatic rings. The molecule has 0 atom stereocenters. The summed E-state index contributed by atoms with van der Waals surface area (Å²) in [6, 6.07) is 7.67. The fraction of sp³-hybridized carbons (Fsp3) is 0.143. The Morgan fingerprint density at radius 3 is 2.74 bits per heavy atom. The van der Waals surface area contributed by atoms with Crippen molar-refractivity contribution in [3.8, 4) is 11.3 Å². The SMILES string of the molecule is C=CC(=O)Nc1cc(-c2ccn(C)n2)ccc1NC. The van der Waals surface area contributed by atoms with Crippen LogP contribution < -0.4 is 10.6 Å². The second-order valence-corrected chi connectivity index (χ2v) is 4.08. The van der Waals surface area contributed by atoms with Crippen LogP contribution in [0, 0.1) is 0 Å². The quantitative estimate of drug-likeness (QED) is 0.825. The van der Waals surface area contributed by atoms with Crippen LogP contribution in [0.5, 0.6) is 0 Å². The minimum absolute atomic E-state index is 0.241. The average Bonchev–Trinajstić information content (AvgIpc) is 2.85. The van der Waals surface area contributed by atoms with Crippen LogP contribution in [-0.2, 0) is 11.8 Å². The van der Waals surface area contributed by atoms with Gasteiger partial charge in [-0.1, -0.05) is 12.6 Å². The van der Waals surface area contributed by atoms with Crippen molar-refractivity contribution in [1.82, 2.24) is 9.78 Å². The molecule has 0 aliphatic heterocycles. The molecule has 2 rings (SSSR count). The van der Waals surface area contributed by atoms with E-state index in [1.807, 2.05) is 37.5 Å². The summed E-state index contributed by atoms with van der Waals surface area (Å²) in [6.45, 7) is 3.45. The average molecular weight is 256 g/mol. The molecule has 0 unspecified atom stereocenters. The first-order chi connectivity index (χ1) is 9.13. The van der Waals surface area contributed by atoms with E-state index >= 15 is 0 Å². The van der Waals surface area contributed by atoms with Gasteiger partial charge in [-0.25, -0.2) is 0 Å². The number of aryl methyl sites for hydroxylation is 1. The molecule has 0 aliphatic carbocycles. The van der Waals surface area contributed by atoms with Crippen LogP contribution in [0.25, 0.3) is 11.3 Å². The van der Waals surface area contributed by atoms with E-state index in [0.29, 0.717) is 5.69 Å². The summed E-state index contributed by atoms with van der Waals surface area (Å²) in [5, 5.41) is 10.1. The Bertz CT molecular complexity index is 616. The first-order valence-electron chi connectivity index (χ1n) is 5.89. The van der Waals surface area contributed by atoms with E-state index in [0.717, 1.165) is 16.9 Å². The zero-order valence-electron chi connectivity index (χ0n) is 11.0. The van der Waals surface area contributed by atoms with Crippen molar-refractivity contribution in [2.75, 3.05) is 17.7 Å². The monoisotopic (exact) mass is 256 g/mol. The summed E-state index contributed by atoms with van der Waals surface area (Å²) >= 11 is 0. The summed E-state index contributed by atoms with van der Waals surface area (Å²) < 4.78 is 1.74. The molecule has 1 aromatic heterocycles. The standard InChI is InChI=1S/C14H16N4O/c1-4-14(19)16-13-9-10(5-6-12(13)15-2)11-7-8-18(3)17-11/h4-9,15H,1H2,2-3H3,(H,16,19). The van der Waals surface area contributed by atoms with Gasteiger partial charge in [-0.3, -0.25) is 9.48 Å². The van der Waals surface area contributed by atoms with Crippen LogP contribution in [0.1, 0.15) is 0 Å². The second kappa shape index (κ2) is 5.39. The summed E-state index contributed by atoms with van der Waals surface area (Å²) in [7, 11) is 3.67. The van der Waals surface area contributed by atoms with Gasteiger partial charge in [-0.05, 0) is 24.3 Å². The third-order valence-corrected chi connectivity index (χ3v) is 2.74. The highest BCUT2D eigenvalue weighted by Gasteiger charge is 2.08. The molecule has 0 radical (unpaired) electrons. The molecule has 1 heterocycles. The predicted octanol–water partition coefficient (Wildman–Crippen LogP) is 2.25. The van der Waals surface area contributed by atoms with Crippen molar-refractivity contribution in [2.45, 2.75) is 0 Å². The molecular formula is C14H16N4O. The fourth-order valence-corrected chi connectivity index (χ4v) is 1.78. The number of rotatable bonds is 4. The number of hydrogen-bond donors (Lipinski definition) is 2. The molecule has 2 N–H and O–H groups in total. The van der Waals surface area contributed by atoms with Gasteiger partial charge in [0.05, 0.1) is 17.1 Å². The molecule has 0 aliphatic rings. The van der Waals surface area contributed by atoms with E-state index in [1.165, 1.54) is 6.08 Å². The molecule has 0 bridgehead atoms. The Hall–Kier alpha value is -2.56. The Kier molecular flexibility index (Phi) is 3.66. The third kappa shape index (κ3) is 2.82. The van der Waals surface area contributed by atoms with E-state index < -0.39 is 0 Å². The van der Waals surface area contributed by atoms with Gasteiger partial charge in [0.1, 0.15) is 0 Å². The van der Waals surface area contributed by atoms with Gasteiger partial charge in [0.15, 0.2) is 0 Å². The van der Waals surface area contributed by atoms with Crippen LogP contribution in [0.3, 0.4) is 0 Å². The van der Waals surface area contributed by atoms with E-state index in [2.05, 4.69) is 22.3 Å². The van der Waals surface area contributed by atoms with E-state index in [9.17, 15) is 4.79 Å². The molecule has 0 fully saturated rings. The normalized spacial score (nSPS) is 10.0. The minimum Gasteiger partial charge on any atom is -0.386 e. The topological polar surface area (TPSA) is 59.0 Å². The maximum Gasteiger partial charge on any atom is 0.247 e. The summed E-state index contributed by atoms with van der Waals surface area (Å²) in [5.41, 5.74) is 3.35. The van der Waals surface area contributed by atoms with Crippen LogP contribution in [0.4, 0.5) is 11.4 Å². The smallest absolute Gasteiger partial charge is 0.247 e. The van der Waals surface area contributed by atoms with Crippen molar-refractivity contribution in [1.29, 1.82) is 0 Å². The highest BCUT2D eigenvalue weighted by atomic mass is 16.1. The van der Waals surface area contributed by atoms with Crippen molar-refractivity contribution < 1.29 is 4.79 Å². The molecule has 1 aromatic carbocycles. The number of hydrogen-bond acceptors (Lipinski definition) is 3. The van der Waals surface area contributed by atoms with Crippen molar-refractivity contribution >= 4 is 17.3 Å². The molecular weight excluding hydrogens is 240 g/mol. The van der Waals surface area contributed by atoms with E-state index in [4.69, 9.17) is 0 Å². The molecule has 0 spiro atoms. The molecule has 5 heteroatoms. The lowest BCUT2D eigenvalue weighted by Gasteiger charge is -2.11. The van der Waals surface area contributed by atoms with Crippen molar-refractivity contribution in [2.24, 2.45) is 7.05 Å². The number of nitrogens with one attached hydrogen (secondary N) is 2. The van der Waals surface area contributed by atoms with Crippen LogP contribution in [-0.4, -0.2) is 22.7 Å². The lowest BCUT2D eigenvalue weighted by molar-refractivity contribution is -0.111. The number of carbonyl (C=O) groups is 1.